The van der Waals surface area contributed by atoms with Gasteiger partial charge in [0.05, 0.1) is 22.3 Å². The number of phenols is 1. The van der Waals surface area contributed by atoms with Gasteiger partial charge in [-0.3, -0.25) is 9.55 Å². The molecule has 0 aliphatic rings. The first-order valence-corrected chi connectivity index (χ1v) is 21.2. The van der Waals surface area contributed by atoms with Crippen LogP contribution < -0.4 is 0 Å². The van der Waals surface area contributed by atoms with Crippen LogP contribution >= 0.6 is 0 Å². The van der Waals surface area contributed by atoms with E-state index in [0.29, 0.717) is 11.4 Å². The second-order valence-corrected chi connectivity index (χ2v) is 19.7. The van der Waals surface area contributed by atoms with Gasteiger partial charge in [-0.15, -0.1) is 29.3 Å². The number of aryl methyl sites for hydroxylation is 3. The molecule has 0 aliphatic heterocycles. The Labute approximate surface area is 387 Å². The molecule has 4 nitrogen and oxygen atoms in total. The standard InChI is InChI=1S/C57H58N3O.Pt/c1-35-16-25-50(47(29-35)39-19-23-44(24-20-39)56(7,8)9)60-51-15-13-14-46(52(51)59-54(60)48-30-36(2)28-37(3)53(48)61)41-31-42(33-45(32-41)57(10,11)12)49-34-40(26-27-58-49)38-17-21-43(22-18-38)55(4,5)6;/h13-30,32-34,61H,1-12H3;/q-1;/i1D3;. The molecule has 2 heterocycles. The minimum Gasteiger partial charge on any atom is -0.507 e. The minimum absolute atomic E-state index is 0. The maximum Gasteiger partial charge on any atom is 0.148 e. The predicted molar refractivity (Wildman–Crippen MR) is 257 cm³/mol. The summed E-state index contributed by atoms with van der Waals surface area (Å²) < 4.78 is 27.3. The van der Waals surface area contributed by atoms with Crippen molar-refractivity contribution in [1.82, 2.24) is 14.5 Å². The van der Waals surface area contributed by atoms with Crippen molar-refractivity contribution in [1.29, 1.82) is 0 Å². The first kappa shape index (κ1) is 40.5. The number of aromatic nitrogens is 3. The maximum atomic E-state index is 11.8. The molecule has 0 saturated heterocycles. The summed E-state index contributed by atoms with van der Waals surface area (Å²) in [4.78, 5) is 10.4. The van der Waals surface area contributed by atoms with Crippen molar-refractivity contribution >= 4 is 11.0 Å². The van der Waals surface area contributed by atoms with Crippen LogP contribution in [0.15, 0.2) is 128 Å². The van der Waals surface area contributed by atoms with Gasteiger partial charge in [0.2, 0.25) is 0 Å². The SMILES string of the molecule is [2H]C([2H])([2H])c1ccc(-n2c(-c3cc(C)cc(C)c3O)nc3c(-c4[c-]c(-c5cc(-c6ccc(C(C)(C)C)cc6)ccn5)cc(C(C)(C)C)c4)cccc32)c(-c2ccc(C(C)(C)C)cc2)c1.[Pt]. The Morgan fingerprint density at radius 3 is 1.82 bits per heavy atom. The fourth-order valence-corrected chi connectivity index (χ4v) is 8.19. The van der Waals surface area contributed by atoms with E-state index in [-0.39, 0.29) is 48.6 Å². The van der Waals surface area contributed by atoms with E-state index in [1.54, 1.807) is 12.1 Å². The summed E-state index contributed by atoms with van der Waals surface area (Å²) in [6.07, 6.45) is 1.87. The number of aromatic hydroxyl groups is 1. The van der Waals surface area contributed by atoms with Crippen LogP contribution in [0.3, 0.4) is 0 Å². The van der Waals surface area contributed by atoms with Crippen molar-refractivity contribution in [2.24, 2.45) is 0 Å². The molecule has 0 atom stereocenters. The number of para-hydroxylation sites is 1. The third-order valence-corrected chi connectivity index (χ3v) is 11.8. The second kappa shape index (κ2) is 16.6. The Morgan fingerprint density at radius 2 is 1.19 bits per heavy atom. The number of pyridine rings is 1. The molecule has 1 N–H and O–H groups in total. The number of nitrogens with zero attached hydrogens (tertiary/aromatic N) is 3. The van der Waals surface area contributed by atoms with Crippen LogP contribution in [0.5, 0.6) is 5.75 Å². The largest absolute Gasteiger partial charge is 0.507 e. The Morgan fingerprint density at radius 1 is 0.581 bits per heavy atom. The van der Waals surface area contributed by atoms with E-state index in [4.69, 9.17) is 14.1 Å². The van der Waals surface area contributed by atoms with E-state index < -0.39 is 6.85 Å². The van der Waals surface area contributed by atoms with Gasteiger partial charge in [0.25, 0.3) is 0 Å². The van der Waals surface area contributed by atoms with Crippen LogP contribution in [0.4, 0.5) is 0 Å². The zero-order valence-corrected chi connectivity index (χ0v) is 40.0. The Hall–Kier alpha value is -5.57. The maximum absolute atomic E-state index is 11.8. The average Bonchev–Trinajstić information content (AvgIpc) is 3.63. The van der Waals surface area contributed by atoms with E-state index in [9.17, 15) is 5.11 Å². The summed E-state index contributed by atoms with van der Waals surface area (Å²) in [5, 5.41) is 11.8. The van der Waals surface area contributed by atoms with Crippen molar-refractivity contribution in [3.63, 3.8) is 0 Å². The predicted octanol–water partition coefficient (Wildman–Crippen LogP) is 15.1. The van der Waals surface area contributed by atoms with Gasteiger partial charge in [0.1, 0.15) is 11.6 Å². The van der Waals surface area contributed by atoms with E-state index >= 15 is 0 Å². The second-order valence-electron chi connectivity index (χ2n) is 19.7. The molecule has 8 aromatic rings. The van der Waals surface area contributed by atoms with Gasteiger partial charge in [-0.2, -0.15) is 0 Å². The van der Waals surface area contributed by atoms with Crippen LogP contribution in [0.1, 0.15) is 99.8 Å². The zero-order valence-electron chi connectivity index (χ0n) is 40.7. The molecule has 318 valence electrons. The van der Waals surface area contributed by atoms with Crippen LogP contribution in [0, 0.1) is 26.8 Å². The van der Waals surface area contributed by atoms with Gasteiger partial charge < -0.3 is 5.11 Å². The number of fused-ring (bicyclic) bond motifs is 1. The molecule has 8 rings (SSSR count). The van der Waals surface area contributed by atoms with Gasteiger partial charge in [0, 0.05) is 42.6 Å². The number of benzene rings is 6. The van der Waals surface area contributed by atoms with E-state index in [1.807, 2.05) is 50.4 Å². The number of hydrogen-bond acceptors (Lipinski definition) is 3. The van der Waals surface area contributed by atoms with Crippen molar-refractivity contribution in [3.8, 4) is 67.5 Å². The first-order chi connectivity index (χ1) is 30.0. The van der Waals surface area contributed by atoms with Crippen molar-refractivity contribution in [2.75, 3.05) is 0 Å². The zero-order chi connectivity index (χ0) is 46.1. The quantitative estimate of drug-likeness (QED) is 0.169. The van der Waals surface area contributed by atoms with Gasteiger partial charge in [-0.1, -0.05) is 158 Å². The Bertz CT molecular complexity index is 3050. The van der Waals surface area contributed by atoms with Crippen LogP contribution in [-0.4, -0.2) is 19.6 Å². The summed E-state index contributed by atoms with van der Waals surface area (Å²) >= 11 is 0. The number of imidazole rings is 1. The Balaban J connectivity index is 0.00000630. The normalized spacial score (nSPS) is 13.0. The summed E-state index contributed by atoms with van der Waals surface area (Å²) in [7, 11) is 0. The number of hydrogen-bond donors (Lipinski definition) is 1. The molecule has 0 saturated carbocycles. The molecule has 0 aliphatic carbocycles. The summed E-state index contributed by atoms with van der Waals surface area (Å²) in [5.41, 5.74) is 15.4. The molecule has 0 fully saturated rings. The van der Waals surface area contributed by atoms with Gasteiger partial charge in [-0.25, -0.2) is 4.98 Å². The van der Waals surface area contributed by atoms with Gasteiger partial charge in [-0.05, 0) is 106 Å². The topological polar surface area (TPSA) is 50.9 Å². The summed E-state index contributed by atoms with van der Waals surface area (Å²) in [6.45, 7) is 21.4. The minimum atomic E-state index is -2.32. The third-order valence-electron chi connectivity index (χ3n) is 11.8. The molecule has 0 amide bonds. The Kier molecular flexibility index (Phi) is 10.8. The molecule has 0 spiro atoms. The number of rotatable bonds is 6. The number of phenolic OH excluding ortho intramolecular Hbond substituents is 1. The van der Waals surface area contributed by atoms with Crippen molar-refractivity contribution < 1.29 is 30.3 Å². The smallest absolute Gasteiger partial charge is 0.148 e. The van der Waals surface area contributed by atoms with Crippen LogP contribution in [0.25, 0.3) is 72.7 Å². The molecular formula is C57H58N3OPt-. The fourth-order valence-electron chi connectivity index (χ4n) is 8.19. The molecule has 5 heteroatoms. The van der Waals surface area contributed by atoms with Crippen LogP contribution in [-0.2, 0) is 37.3 Å². The van der Waals surface area contributed by atoms with Crippen LogP contribution in [0.2, 0.25) is 0 Å². The summed E-state index contributed by atoms with van der Waals surface area (Å²) in [5.74, 6) is 0.682. The first-order valence-electron chi connectivity index (χ1n) is 22.7. The van der Waals surface area contributed by atoms with Gasteiger partial charge >= 0.3 is 0 Å². The molecule has 6 aromatic carbocycles. The van der Waals surface area contributed by atoms with E-state index in [1.165, 1.54) is 11.1 Å². The summed E-state index contributed by atoms with van der Waals surface area (Å²) in [6, 6.07) is 45.0. The van der Waals surface area contributed by atoms with Gasteiger partial charge in [0.15, 0.2) is 0 Å². The van der Waals surface area contributed by atoms with E-state index in [0.717, 1.165) is 78.0 Å². The third kappa shape index (κ3) is 8.73. The molecule has 0 radical (unpaired) electrons. The average molecular weight is 999 g/mol. The van der Waals surface area contributed by atoms with E-state index in [2.05, 4.69) is 152 Å². The van der Waals surface area contributed by atoms with Crippen molar-refractivity contribution in [2.45, 2.75) is 99.3 Å². The molecule has 0 bridgehead atoms. The fraction of sp³-hybridized carbons (Fsp3) is 0.263. The molecule has 0 unspecified atom stereocenters. The molecule has 62 heavy (non-hydrogen) atoms. The molecule has 2 aromatic heterocycles. The van der Waals surface area contributed by atoms with Crippen molar-refractivity contribution in [3.05, 3.63) is 167 Å². The molecular weight excluding hydrogens is 938 g/mol. The monoisotopic (exact) mass is 998 g/mol.